The van der Waals surface area contributed by atoms with E-state index in [0.717, 1.165) is 0 Å². The van der Waals surface area contributed by atoms with Crippen LogP contribution in [0.3, 0.4) is 0 Å². The van der Waals surface area contributed by atoms with Gasteiger partial charge in [0.25, 0.3) is 5.78 Å². The van der Waals surface area contributed by atoms with Crippen molar-refractivity contribution in [3.8, 4) is 0 Å². The third-order valence-corrected chi connectivity index (χ3v) is 1.40. The molecule has 60 valence electrons. The minimum absolute atomic E-state index is 0.159. The number of aromatic nitrogens is 5. The summed E-state index contributed by atoms with van der Waals surface area (Å²) in [5.74, 6) is 0.473. The Morgan fingerprint density at radius 1 is 1.33 bits per heavy atom. The van der Waals surface area contributed by atoms with Crippen LogP contribution in [0.4, 0.5) is 0 Å². The first kappa shape index (κ1) is 6.84. The molecular formula is C6H5N5O. The van der Waals surface area contributed by atoms with Crippen LogP contribution in [0.25, 0.3) is 5.78 Å². The van der Waals surface area contributed by atoms with Crippen LogP contribution in [0.15, 0.2) is 12.7 Å². The largest absolute Gasteiger partial charge is 0.291 e. The molecule has 0 N–H and O–H groups in total. The van der Waals surface area contributed by atoms with Crippen molar-refractivity contribution in [3.05, 3.63) is 18.5 Å². The topological polar surface area (TPSA) is 73.0 Å². The molecule has 0 aliphatic rings. The van der Waals surface area contributed by atoms with E-state index in [4.69, 9.17) is 0 Å². The number of Topliss-reactive ketones (excluding diaryl/α,β-unsaturated/α-hetero) is 1. The van der Waals surface area contributed by atoms with Gasteiger partial charge in [-0.2, -0.15) is 19.6 Å². The van der Waals surface area contributed by atoms with E-state index in [0.29, 0.717) is 5.78 Å². The SMILES string of the molecule is CC(=O)c1ncnc2ncnn12. The van der Waals surface area contributed by atoms with Crippen LogP contribution >= 0.6 is 0 Å². The van der Waals surface area contributed by atoms with E-state index >= 15 is 0 Å². The lowest BCUT2D eigenvalue weighted by Crippen LogP contribution is -2.07. The van der Waals surface area contributed by atoms with Gasteiger partial charge in [-0.1, -0.05) is 0 Å². The number of hydrogen-bond acceptors (Lipinski definition) is 5. The molecule has 2 aromatic heterocycles. The molecule has 0 atom stereocenters. The molecule has 6 nitrogen and oxygen atoms in total. The first-order chi connectivity index (χ1) is 5.79. The zero-order valence-electron chi connectivity index (χ0n) is 6.30. The minimum Gasteiger partial charge on any atom is -0.291 e. The second-order valence-electron chi connectivity index (χ2n) is 2.23. The molecule has 0 spiro atoms. The lowest BCUT2D eigenvalue weighted by molar-refractivity contribution is 0.100. The average Bonchev–Trinajstić information content (AvgIpc) is 2.49. The molecule has 2 rings (SSSR count). The number of nitrogens with zero attached hydrogens (tertiary/aromatic N) is 5. The zero-order valence-corrected chi connectivity index (χ0v) is 6.30. The summed E-state index contributed by atoms with van der Waals surface area (Å²) >= 11 is 0. The van der Waals surface area contributed by atoms with Crippen molar-refractivity contribution >= 4 is 11.6 Å². The van der Waals surface area contributed by atoms with E-state index in [2.05, 4.69) is 20.1 Å². The van der Waals surface area contributed by atoms with Crippen molar-refractivity contribution < 1.29 is 4.79 Å². The number of carbonyl (C=O) groups excluding carboxylic acids is 1. The standard InChI is InChI=1S/C6H5N5O/c1-4(12)5-7-2-8-6-9-3-10-11(5)6/h2-3H,1H3. The Kier molecular flexibility index (Phi) is 1.33. The van der Waals surface area contributed by atoms with Gasteiger partial charge < -0.3 is 0 Å². The molecule has 12 heavy (non-hydrogen) atoms. The molecule has 0 bridgehead atoms. The average molecular weight is 163 g/mol. The lowest BCUT2D eigenvalue weighted by Gasteiger charge is -1.94. The van der Waals surface area contributed by atoms with Crippen LogP contribution in [-0.2, 0) is 0 Å². The highest BCUT2D eigenvalue weighted by molar-refractivity contribution is 5.90. The van der Waals surface area contributed by atoms with Gasteiger partial charge in [-0.25, -0.2) is 4.98 Å². The number of hydrogen-bond donors (Lipinski definition) is 0. The first-order valence-corrected chi connectivity index (χ1v) is 3.30. The van der Waals surface area contributed by atoms with Gasteiger partial charge in [-0.05, 0) is 0 Å². The first-order valence-electron chi connectivity index (χ1n) is 3.30. The quantitative estimate of drug-likeness (QED) is 0.540. The summed E-state index contributed by atoms with van der Waals surface area (Å²) in [5.41, 5.74) is 0. The van der Waals surface area contributed by atoms with Crippen LogP contribution in [-0.4, -0.2) is 30.3 Å². The molecule has 0 unspecified atom stereocenters. The van der Waals surface area contributed by atoms with Gasteiger partial charge >= 0.3 is 0 Å². The van der Waals surface area contributed by atoms with E-state index in [1.807, 2.05) is 0 Å². The van der Waals surface area contributed by atoms with Gasteiger partial charge in [0.2, 0.25) is 5.82 Å². The number of fused-ring (bicyclic) bond motifs is 1. The van der Waals surface area contributed by atoms with Gasteiger partial charge in [0, 0.05) is 6.92 Å². The Hall–Kier alpha value is -1.85. The van der Waals surface area contributed by atoms with Gasteiger partial charge in [0.1, 0.15) is 12.7 Å². The summed E-state index contributed by atoms with van der Waals surface area (Å²) < 4.78 is 1.31. The Morgan fingerprint density at radius 3 is 2.83 bits per heavy atom. The molecule has 0 aliphatic carbocycles. The van der Waals surface area contributed by atoms with Gasteiger partial charge in [-0.3, -0.25) is 4.79 Å². The molecule has 6 heteroatoms. The summed E-state index contributed by atoms with van der Waals surface area (Å²) in [5, 5.41) is 3.80. The van der Waals surface area contributed by atoms with E-state index in [9.17, 15) is 4.79 Å². The fourth-order valence-electron chi connectivity index (χ4n) is 0.903. The number of rotatable bonds is 1. The smallest absolute Gasteiger partial charge is 0.255 e. The van der Waals surface area contributed by atoms with Gasteiger partial charge in [0.15, 0.2) is 5.78 Å². The number of ketones is 1. The van der Waals surface area contributed by atoms with Crippen molar-refractivity contribution in [2.75, 3.05) is 0 Å². The van der Waals surface area contributed by atoms with Crippen molar-refractivity contribution in [2.45, 2.75) is 6.92 Å². The van der Waals surface area contributed by atoms with Crippen molar-refractivity contribution in [1.82, 2.24) is 24.6 Å². The Labute approximate surface area is 67.3 Å². The predicted octanol–water partition coefficient (Wildman–Crippen LogP) is -0.278. The molecule has 0 saturated carbocycles. The molecule has 0 aliphatic heterocycles. The highest BCUT2D eigenvalue weighted by Crippen LogP contribution is 1.96. The normalized spacial score (nSPS) is 10.4. The van der Waals surface area contributed by atoms with Crippen LogP contribution in [0.1, 0.15) is 17.5 Å². The van der Waals surface area contributed by atoms with Crippen molar-refractivity contribution in [2.24, 2.45) is 0 Å². The van der Waals surface area contributed by atoms with Gasteiger partial charge in [0.05, 0.1) is 0 Å². The molecule has 2 heterocycles. The van der Waals surface area contributed by atoms with Crippen LogP contribution < -0.4 is 0 Å². The second-order valence-corrected chi connectivity index (χ2v) is 2.23. The van der Waals surface area contributed by atoms with E-state index in [-0.39, 0.29) is 11.6 Å². The van der Waals surface area contributed by atoms with Crippen molar-refractivity contribution in [3.63, 3.8) is 0 Å². The molecule has 0 saturated heterocycles. The summed E-state index contributed by atoms with van der Waals surface area (Å²) in [6.45, 7) is 1.42. The van der Waals surface area contributed by atoms with Crippen LogP contribution in [0.2, 0.25) is 0 Å². The van der Waals surface area contributed by atoms with E-state index in [1.54, 1.807) is 0 Å². The maximum Gasteiger partial charge on any atom is 0.255 e. The molecule has 0 fully saturated rings. The Balaban J connectivity index is 2.82. The lowest BCUT2D eigenvalue weighted by atomic mass is 10.4. The zero-order chi connectivity index (χ0) is 8.55. The monoisotopic (exact) mass is 163 g/mol. The van der Waals surface area contributed by atoms with E-state index < -0.39 is 0 Å². The highest BCUT2D eigenvalue weighted by Gasteiger charge is 2.07. The Bertz CT molecular complexity index is 434. The van der Waals surface area contributed by atoms with E-state index in [1.165, 1.54) is 24.1 Å². The third kappa shape index (κ3) is 0.849. The third-order valence-electron chi connectivity index (χ3n) is 1.40. The maximum atomic E-state index is 11.0. The predicted molar refractivity (Wildman–Crippen MR) is 38.6 cm³/mol. The van der Waals surface area contributed by atoms with Gasteiger partial charge in [-0.15, -0.1) is 0 Å². The Morgan fingerprint density at radius 2 is 2.08 bits per heavy atom. The summed E-state index contributed by atoms with van der Waals surface area (Å²) in [7, 11) is 0. The highest BCUT2D eigenvalue weighted by atomic mass is 16.1. The van der Waals surface area contributed by atoms with Crippen LogP contribution in [0, 0.1) is 0 Å². The molecule has 0 aromatic carbocycles. The summed E-state index contributed by atoms with van der Waals surface area (Å²) in [4.78, 5) is 22.4. The fourth-order valence-corrected chi connectivity index (χ4v) is 0.903. The second kappa shape index (κ2) is 2.33. The van der Waals surface area contributed by atoms with Crippen LogP contribution in [0.5, 0.6) is 0 Å². The minimum atomic E-state index is -0.159. The number of carbonyl (C=O) groups is 1. The molecule has 2 aromatic rings. The van der Waals surface area contributed by atoms with Crippen molar-refractivity contribution in [1.29, 1.82) is 0 Å². The summed E-state index contributed by atoms with van der Waals surface area (Å²) in [6.07, 6.45) is 2.62. The molecule has 0 radical (unpaired) electrons. The molecular weight excluding hydrogens is 158 g/mol. The fraction of sp³-hybridized carbons (Fsp3) is 0.167. The summed E-state index contributed by atoms with van der Waals surface area (Å²) in [6, 6.07) is 0. The molecule has 0 amide bonds. The maximum absolute atomic E-state index is 11.0.